The van der Waals surface area contributed by atoms with Gasteiger partial charge in [0, 0.05) is 6.61 Å². The Morgan fingerprint density at radius 1 is 1.71 bits per heavy atom. The molecule has 1 nitrogen and oxygen atoms in total. The third-order valence-corrected chi connectivity index (χ3v) is 2.61. The van der Waals surface area contributed by atoms with Gasteiger partial charge in [-0.1, -0.05) is 18.6 Å². The molecule has 0 bridgehead atoms. The van der Waals surface area contributed by atoms with Gasteiger partial charge in [-0.3, -0.25) is 0 Å². The van der Waals surface area contributed by atoms with Crippen molar-refractivity contribution in [3.05, 3.63) is 0 Å². The monoisotopic (exact) mass is 114 g/mol. The Labute approximate surface area is 51.1 Å². The van der Waals surface area contributed by atoms with E-state index in [-0.39, 0.29) is 15.6 Å². The van der Waals surface area contributed by atoms with Crippen LogP contribution >= 0.6 is 0 Å². The van der Waals surface area contributed by atoms with E-state index in [1.807, 2.05) is 0 Å². The van der Waals surface area contributed by atoms with Crippen LogP contribution in [0.5, 0.6) is 0 Å². The summed E-state index contributed by atoms with van der Waals surface area (Å²) < 4.78 is 5.32. The molecule has 0 aliphatic carbocycles. The Morgan fingerprint density at radius 3 is 2.86 bits per heavy atom. The lowest BCUT2D eigenvalue weighted by Gasteiger charge is -2.16. The highest BCUT2D eigenvalue weighted by atomic mass is 27.1. The first kappa shape index (κ1) is 5.63. The number of hydrogen-bond acceptors (Lipinski definition) is 1. The Balaban J connectivity index is 2.12. The Morgan fingerprint density at radius 2 is 2.57 bits per heavy atom. The van der Waals surface area contributed by atoms with Gasteiger partial charge in [0.25, 0.3) is 0 Å². The van der Waals surface area contributed by atoms with Crippen molar-refractivity contribution in [3.8, 4) is 0 Å². The molecule has 0 spiro atoms. The van der Waals surface area contributed by atoms with Crippen LogP contribution in [0.4, 0.5) is 0 Å². The predicted octanol–water partition coefficient (Wildman–Crippen LogP) is 0.813. The smallest absolute Gasteiger partial charge is 0.435 e. The molecule has 1 atom stereocenters. The van der Waals surface area contributed by atoms with Crippen LogP contribution in [0.2, 0.25) is 5.28 Å². The molecule has 0 aromatic heterocycles. The van der Waals surface area contributed by atoms with Crippen molar-refractivity contribution in [3.63, 3.8) is 0 Å². The lowest BCUT2D eigenvalue weighted by atomic mass is 10.1. The Kier molecular flexibility index (Phi) is 2.18. The minimum absolute atomic E-state index is 0.0233. The van der Waals surface area contributed by atoms with Crippen LogP contribution in [0, 0.1) is 5.92 Å². The molecular formula is C5H11AlO. The average molecular weight is 114 g/mol. The fraction of sp³-hybridized carbons (Fsp3) is 1.00. The summed E-state index contributed by atoms with van der Waals surface area (Å²) in [5, 5.41) is 1.40. The van der Waals surface area contributed by atoms with Crippen LogP contribution < -0.4 is 0 Å². The van der Waals surface area contributed by atoms with Gasteiger partial charge >= 0.3 is 15.6 Å². The summed E-state index contributed by atoms with van der Waals surface area (Å²) in [6.07, 6.45) is 1.42. The van der Waals surface area contributed by atoms with Gasteiger partial charge in [0.1, 0.15) is 0 Å². The van der Waals surface area contributed by atoms with Crippen molar-refractivity contribution in [2.45, 2.75) is 18.6 Å². The third-order valence-electron chi connectivity index (χ3n) is 1.39. The summed E-state index contributed by atoms with van der Waals surface area (Å²) >= 11 is -0.0233. The van der Waals surface area contributed by atoms with E-state index >= 15 is 0 Å². The second-order valence-electron chi connectivity index (χ2n) is 2.32. The fourth-order valence-electron chi connectivity index (χ4n) is 0.902. The molecule has 0 radical (unpaired) electrons. The van der Waals surface area contributed by atoms with Gasteiger partial charge < -0.3 is 3.79 Å². The first-order valence-corrected chi connectivity index (χ1v) is 4.55. The van der Waals surface area contributed by atoms with E-state index in [4.69, 9.17) is 3.79 Å². The SMILES string of the molecule is CC1C[CH2][AlH][O]C1. The molecule has 1 aliphatic heterocycles. The molecule has 40 valence electrons. The molecule has 1 fully saturated rings. The lowest BCUT2D eigenvalue weighted by Crippen LogP contribution is -2.15. The molecule has 1 unspecified atom stereocenters. The molecule has 1 saturated heterocycles. The van der Waals surface area contributed by atoms with E-state index in [0.717, 1.165) is 12.5 Å². The maximum Gasteiger partial charge on any atom is 0.435 e. The molecule has 2 heteroatoms. The van der Waals surface area contributed by atoms with Crippen molar-refractivity contribution < 1.29 is 3.79 Å². The van der Waals surface area contributed by atoms with Gasteiger partial charge in [0.05, 0.1) is 0 Å². The summed E-state index contributed by atoms with van der Waals surface area (Å²) in [7, 11) is 0. The van der Waals surface area contributed by atoms with Crippen molar-refractivity contribution in [2.75, 3.05) is 6.61 Å². The standard InChI is InChI=1S/C5H10O.Al.H/c1-3-5(2)4-6;;/h5H,1,3-4H2,2H3;;/q-1;+1;. The summed E-state index contributed by atoms with van der Waals surface area (Å²) in [4.78, 5) is 0. The zero-order valence-corrected chi connectivity index (χ0v) is 6.23. The quantitative estimate of drug-likeness (QED) is 0.423. The molecule has 1 rings (SSSR count). The van der Waals surface area contributed by atoms with Gasteiger partial charge in [-0.15, -0.1) is 0 Å². The minimum Gasteiger partial charge on any atom is -0.503 e. The van der Waals surface area contributed by atoms with Crippen molar-refractivity contribution in [1.29, 1.82) is 0 Å². The second kappa shape index (κ2) is 2.72. The van der Waals surface area contributed by atoms with E-state index in [1.165, 1.54) is 11.7 Å². The Bertz CT molecular complexity index is 50.0. The number of hydrogen-bond donors (Lipinski definition) is 0. The average Bonchev–Trinajstić information content (AvgIpc) is 1.69. The number of rotatable bonds is 0. The first-order valence-electron chi connectivity index (χ1n) is 2.97. The third kappa shape index (κ3) is 1.82. The molecule has 1 aliphatic rings. The topological polar surface area (TPSA) is 9.23 Å². The highest BCUT2D eigenvalue weighted by molar-refractivity contribution is 6.27. The fourth-order valence-corrected chi connectivity index (χ4v) is 2.54. The van der Waals surface area contributed by atoms with Crippen molar-refractivity contribution in [1.82, 2.24) is 0 Å². The van der Waals surface area contributed by atoms with Gasteiger partial charge in [-0.05, 0) is 5.92 Å². The van der Waals surface area contributed by atoms with Gasteiger partial charge in [-0.2, -0.15) is 0 Å². The van der Waals surface area contributed by atoms with E-state index < -0.39 is 0 Å². The largest absolute Gasteiger partial charge is 0.503 e. The summed E-state index contributed by atoms with van der Waals surface area (Å²) in [6, 6.07) is 0. The van der Waals surface area contributed by atoms with E-state index in [2.05, 4.69) is 6.92 Å². The predicted molar refractivity (Wildman–Crippen MR) is 31.7 cm³/mol. The van der Waals surface area contributed by atoms with Crippen molar-refractivity contribution >= 4 is 15.6 Å². The van der Waals surface area contributed by atoms with Gasteiger partial charge in [0.15, 0.2) is 0 Å². The molecule has 7 heavy (non-hydrogen) atoms. The zero-order chi connectivity index (χ0) is 5.11. The van der Waals surface area contributed by atoms with Crippen LogP contribution in [0.15, 0.2) is 0 Å². The van der Waals surface area contributed by atoms with Crippen LogP contribution in [0.3, 0.4) is 0 Å². The molecule has 0 saturated carbocycles. The maximum absolute atomic E-state index is 5.32. The lowest BCUT2D eigenvalue weighted by molar-refractivity contribution is 0.243. The van der Waals surface area contributed by atoms with E-state index in [1.54, 1.807) is 0 Å². The van der Waals surface area contributed by atoms with Gasteiger partial charge in [0.2, 0.25) is 0 Å². The molecule has 0 aromatic rings. The normalized spacial score (nSPS) is 31.9. The van der Waals surface area contributed by atoms with Crippen LogP contribution in [0.1, 0.15) is 13.3 Å². The highest BCUT2D eigenvalue weighted by Gasteiger charge is 2.09. The summed E-state index contributed by atoms with van der Waals surface area (Å²) in [5.74, 6) is 0.848. The van der Waals surface area contributed by atoms with Crippen LogP contribution in [0.25, 0.3) is 0 Å². The second-order valence-corrected chi connectivity index (χ2v) is 3.85. The molecule has 1 heterocycles. The van der Waals surface area contributed by atoms with E-state index in [0.29, 0.717) is 0 Å². The Hall–Kier alpha value is 0.492. The van der Waals surface area contributed by atoms with Gasteiger partial charge in [-0.25, -0.2) is 0 Å². The van der Waals surface area contributed by atoms with Crippen LogP contribution in [-0.4, -0.2) is 22.2 Å². The minimum atomic E-state index is -0.0233. The first-order chi connectivity index (χ1) is 3.39. The van der Waals surface area contributed by atoms with Crippen LogP contribution in [-0.2, 0) is 3.79 Å². The molecule has 0 aromatic carbocycles. The molecule has 0 N–H and O–H groups in total. The van der Waals surface area contributed by atoms with Crippen molar-refractivity contribution in [2.24, 2.45) is 5.92 Å². The summed E-state index contributed by atoms with van der Waals surface area (Å²) in [6.45, 7) is 3.31. The highest BCUT2D eigenvalue weighted by Crippen LogP contribution is 2.10. The molecule has 0 amide bonds. The molecular weight excluding hydrogens is 103 g/mol. The zero-order valence-electron chi connectivity index (χ0n) is 4.81. The maximum atomic E-state index is 5.32. The summed E-state index contributed by atoms with van der Waals surface area (Å²) in [5.41, 5.74) is 0. The van der Waals surface area contributed by atoms with E-state index in [9.17, 15) is 0 Å².